The van der Waals surface area contributed by atoms with Gasteiger partial charge in [0.05, 0.1) is 11.4 Å². The summed E-state index contributed by atoms with van der Waals surface area (Å²) in [6, 6.07) is 5.51. The van der Waals surface area contributed by atoms with E-state index in [1.807, 2.05) is 18.7 Å². The molecule has 0 atom stereocenters. The van der Waals surface area contributed by atoms with Gasteiger partial charge in [0, 0.05) is 37.9 Å². The monoisotopic (exact) mass is 383 g/mol. The minimum absolute atomic E-state index is 0.0104. The number of nitrogens with zero attached hydrogens (tertiary/aromatic N) is 2. The summed E-state index contributed by atoms with van der Waals surface area (Å²) >= 11 is 0. The number of benzene rings is 1. The predicted octanol–water partition coefficient (Wildman–Crippen LogP) is 0.00810. The number of piperazine rings is 1. The van der Waals surface area contributed by atoms with E-state index in [-0.39, 0.29) is 22.9 Å². The van der Waals surface area contributed by atoms with Gasteiger partial charge in [-0.2, -0.15) is 0 Å². The summed E-state index contributed by atoms with van der Waals surface area (Å²) in [4.78, 5) is 27.7. The van der Waals surface area contributed by atoms with E-state index in [1.54, 1.807) is 4.90 Å². The quantitative estimate of drug-likeness (QED) is 0.660. The maximum Gasteiger partial charge on any atom is 0.321 e. The molecule has 0 saturated carbocycles. The van der Waals surface area contributed by atoms with Crippen LogP contribution in [-0.4, -0.2) is 68.9 Å². The zero-order valence-corrected chi connectivity index (χ0v) is 15.8. The first kappa shape index (κ1) is 20.1. The number of nitrogens with two attached hydrogens (primary N) is 1. The molecular formula is C16H25N5O4S. The lowest BCUT2D eigenvalue weighted by molar-refractivity contribution is -0.123. The Morgan fingerprint density at radius 3 is 2.19 bits per heavy atom. The number of hydrogen-bond acceptors (Lipinski definition) is 5. The van der Waals surface area contributed by atoms with Gasteiger partial charge in [0.25, 0.3) is 0 Å². The Kier molecular flexibility index (Phi) is 6.57. The fourth-order valence-corrected chi connectivity index (χ4v) is 3.13. The summed E-state index contributed by atoms with van der Waals surface area (Å²) in [5, 5.41) is 10.6. The largest absolute Gasteiger partial charge is 0.353 e. The molecule has 1 saturated heterocycles. The highest BCUT2D eigenvalue weighted by atomic mass is 32.2. The second-order valence-corrected chi connectivity index (χ2v) is 8.05. The first-order chi connectivity index (χ1) is 12.1. The highest BCUT2D eigenvalue weighted by Gasteiger charge is 2.22. The lowest BCUT2D eigenvalue weighted by atomic mass is 10.3. The van der Waals surface area contributed by atoms with E-state index < -0.39 is 10.0 Å². The van der Waals surface area contributed by atoms with Crippen LogP contribution in [0.5, 0.6) is 0 Å². The average molecular weight is 383 g/mol. The van der Waals surface area contributed by atoms with Crippen LogP contribution in [0, 0.1) is 0 Å². The number of primary sulfonamides is 1. The minimum atomic E-state index is -3.75. The third-order valence-electron chi connectivity index (χ3n) is 3.91. The van der Waals surface area contributed by atoms with Crippen LogP contribution in [0.4, 0.5) is 10.5 Å². The fourth-order valence-electron chi connectivity index (χ4n) is 2.61. The summed E-state index contributed by atoms with van der Waals surface area (Å²) in [5.74, 6) is -0.0205. The maximum absolute atomic E-state index is 12.3. The first-order valence-electron chi connectivity index (χ1n) is 8.35. The van der Waals surface area contributed by atoms with Gasteiger partial charge in [-0.3, -0.25) is 9.69 Å². The van der Waals surface area contributed by atoms with E-state index >= 15 is 0 Å². The van der Waals surface area contributed by atoms with Crippen LogP contribution in [0.3, 0.4) is 0 Å². The van der Waals surface area contributed by atoms with Gasteiger partial charge in [-0.15, -0.1) is 0 Å². The van der Waals surface area contributed by atoms with Crippen LogP contribution in [0.2, 0.25) is 0 Å². The predicted molar refractivity (Wildman–Crippen MR) is 98.1 cm³/mol. The van der Waals surface area contributed by atoms with Crippen LogP contribution in [0.15, 0.2) is 29.2 Å². The van der Waals surface area contributed by atoms with Crippen molar-refractivity contribution in [2.24, 2.45) is 5.14 Å². The van der Waals surface area contributed by atoms with Gasteiger partial charge in [0.1, 0.15) is 0 Å². The van der Waals surface area contributed by atoms with Crippen LogP contribution >= 0.6 is 0 Å². The molecule has 1 aliphatic rings. The molecular weight excluding hydrogens is 358 g/mol. The number of sulfonamides is 1. The van der Waals surface area contributed by atoms with Crippen molar-refractivity contribution in [3.63, 3.8) is 0 Å². The van der Waals surface area contributed by atoms with Gasteiger partial charge in [0.2, 0.25) is 15.9 Å². The zero-order valence-electron chi connectivity index (χ0n) is 14.9. The van der Waals surface area contributed by atoms with Gasteiger partial charge >= 0.3 is 6.03 Å². The average Bonchev–Trinajstić information content (AvgIpc) is 2.54. The lowest BCUT2D eigenvalue weighted by Gasteiger charge is -2.34. The second-order valence-electron chi connectivity index (χ2n) is 6.48. The number of urea groups is 1. The van der Waals surface area contributed by atoms with Crippen molar-refractivity contribution in [2.45, 2.75) is 24.8 Å². The van der Waals surface area contributed by atoms with Crippen molar-refractivity contribution in [1.29, 1.82) is 0 Å². The Morgan fingerprint density at radius 2 is 1.69 bits per heavy atom. The Hall–Kier alpha value is -2.17. The van der Waals surface area contributed by atoms with Crippen molar-refractivity contribution < 1.29 is 18.0 Å². The summed E-state index contributed by atoms with van der Waals surface area (Å²) in [6.07, 6.45) is 0. The summed E-state index contributed by atoms with van der Waals surface area (Å²) in [5.41, 5.74) is 0.487. The number of carbonyl (C=O) groups excluding carboxylic acids is 2. The molecule has 26 heavy (non-hydrogen) atoms. The number of nitrogens with one attached hydrogen (secondary N) is 2. The number of carbonyl (C=O) groups is 2. The molecule has 0 bridgehead atoms. The van der Waals surface area contributed by atoms with E-state index in [2.05, 4.69) is 10.6 Å². The van der Waals surface area contributed by atoms with Crippen molar-refractivity contribution in [3.8, 4) is 0 Å². The molecule has 4 N–H and O–H groups in total. The van der Waals surface area contributed by atoms with Crippen LogP contribution in [0.1, 0.15) is 13.8 Å². The standard InChI is InChI=1S/C16H25N5O4S/c1-12(2)18-15(22)11-20-7-9-21(10-8-20)16(23)19-13-3-5-14(6-4-13)26(17,24)25/h3-6,12H,7-11H2,1-2H3,(H,18,22)(H,19,23)(H2,17,24,25). The van der Waals surface area contributed by atoms with Gasteiger partial charge < -0.3 is 15.5 Å². The molecule has 3 amide bonds. The highest BCUT2D eigenvalue weighted by molar-refractivity contribution is 7.89. The molecule has 0 spiro atoms. The van der Waals surface area contributed by atoms with E-state index in [0.717, 1.165) is 0 Å². The molecule has 1 aromatic rings. The Labute approximate surface area is 153 Å². The van der Waals surface area contributed by atoms with Gasteiger partial charge in [0.15, 0.2) is 0 Å². The third-order valence-corrected chi connectivity index (χ3v) is 4.84. The van der Waals surface area contributed by atoms with Gasteiger partial charge in [-0.05, 0) is 38.1 Å². The summed E-state index contributed by atoms with van der Waals surface area (Å²) < 4.78 is 22.5. The Morgan fingerprint density at radius 1 is 1.12 bits per heavy atom. The van der Waals surface area contributed by atoms with Crippen molar-refractivity contribution in [3.05, 3.63) is 24.3 Å². The van der Waals surface area contributed by atoms with E-state index in [9.17, 15) is 18.0 Å². The lowest BCUT2D eigenvalue weighted by Crippen LogP contribution is -2.52. The van der Waals surface area contributed by atoms with E-state index in [4.69, 9.17) is 5.14 Å². The first-order valence-corrected chi connectivity index (χ1v) is 9.90. The summed E-state index contributed by atoms with van der Waals surface area (Å²) in [7, 11) is -3.75. The third kappa shape index (κ3) is 5.97. The maximum atomic E-state index is 12.3. The molecule has 1 fully saturated rings. The number of rotatable bonds is 5. The molecule has 1 aromatic carbocycles. The minimum Gasteiger partial charge on any atom is -0.353 e. The molecule has 0 unspecified atom stereocenters. The molecule has 0 aromatic heterocycles. The molecule has 9 nitrogen and oxygen atoms in total. The second kappa shape index (κ2) is 8.47. The van der Waals surface area contributed by atoms with Crippen LogP contribution in [0.25, 0.3) is 0 Å². The molecule has 1 heterocycles. The number of anilines is 1. The topological polar surface area (TPSA) is 125 Å². The van der Waals surface area contributed by atoms with Crippen molar-refractivity contribution in [1.82, 2.24) is 15.1 Å². The zero-order chi connectivity index (χ0) is 19.3. The van der Waals surface area contributed by atoms with Crippen molar-refractivity contribution >= 4 is 27.6 Å². The fraction of sp³-hybridized carbons (Fsp3) is 0.500. The van der Waals surface area contributed by atoms with E-state index in [1.165, 1.54) is 24.3 Å². The number of amides is 3. The van der Waals surface area contributed by atoms with Gasteiger partial charge in [-0.1, -0.05) is 0 Å². The highest BCUT2D eigenvalue weighted by Crippen LogP contribution is 2.14. The molecule has 10 heteroatoms. The Balaban J connectivity index is 1.82. The van der Waals surface area contributed by atoms with E-state index in [0.29, 0.717) is 38.4 Å². The molecule has 2 rings (SSSR count). The van der Waals surface area contributed by atoms with Crippen LogP contribution < -0.4 is 15.8 Å². The number of hydrogen-bond donors (Lipinski definition) is 3. The van der Waals surface area contributed by atoms with Crippen molar-refractivity contribution in [2.75, 3.05) is 38.0 Å². The smallest absolute Gasteiger partial charge is 0.321 e. The molecule has 0 aliphatic carbocycles. The molecule has 1 aliphatic heterocycles. The Bertz CT molecular complexity index is 740. The molecule has 0 radical (unpaired) electrons. The summed E-state index contributed by atoms with van der Waals surface area (Å²) in [6.45, 7) is 6.40. The normalized spacial score (nSPS) is 15.8. The van der Waals surface area contributed by atoms with Gasteiger partial charge in [-0.25, -0.2) is 18.4 Å². The van der Waals surface area contributed by atoms with Crippen LogP contribution in [-0.2, 0) is 14.8 Å². The SMILES string of the molecule is CC(C)NC(=O)CN1CCN(C(=O)Nc2ccc(S(N)(=O)=O)cc2)CC1. The molecule has 144 valence electrons.